The van der Waals surface area contributed by atoms with Gasteiger partial charge in [0, 0.05) is 0 Å². The number of rotatable bonds is 1. The van der Waals surface area contributed by atoms with Crippen molar-refractivity contribution in [2.75, 3.05) is 6.61 Å². The summed E-state index contributed by atoms with van der Waals surface area (Å²) in [5.41, 5.74) is 0. The van der Waals surface area contributed by atoms with Crippen molar-refractivity contribution >= 4 is 13.3 Å². The number of aliphatic hydroxyl groups is 1. The molecule has 0 aromatic heterocycles. The summed E-state index contributed by atoms with van der Waals surface area (Å²) >= 11 is 0. The average Bonchev–Trinajstić information content (AvgIpc) is 1.65. The summed E-state index contributed by atoms with van der Waals surface area (Å²) in [5.74, 6) is -1.19. The van der Waals surface area contributed by atoms with Crippen molar-refractivity contribution in [1.82, 2.24) is 0 Å². The van der Waals surface area contributed by atoms with E-state index in [0.29, 0.717) is 0 Å². The second kappa shape index (κ2) is 7.37. The van der Waals surface area contributed by atoms with Crippen LogP contribution in [0.15, 0.2) is 0 Å². The zero-order valence-corrected chi connectivity index (χ0v) is 4.43. The highest BCUT2D eigenvalue weighted by atomic mass is 16.5. The minimum absolute atomic E-state index is 0.778. The predicted molar refractivity (Wildman–Crippen MR) is 27.1 cm³/mol. The predicted octanol–water partition coefficient (Wildman–Crippen LogP) is -2.99. The van der Waals surface area contributed by atoms with Gasteiger partial charge in [-0.15, -0.1) is 0 Å². The Labute approximate surface area is 51.2 Å². The standard InChI is InChI=1S/C2H4O3.BH3O3/c3-1-2(4)5;2-1(3)4/h3H,1H2,(H,4,5);2-4H. The van der Waals surface area contributed by atoms with Gasteiger partial charge in [0.1, 0.15) is 6.61 Å². The molecule has 7 heteroatoms. The first-order chi connectivity index (χ1) is 4.00. The van der Waals surface area contributed by atoms with Crippen LogP contribution in [0.3, 0.4) is 0 Å². The van der Waals surface area contributed by atoms with Gasteiger partial charge < -0.3 is 25.3 Å². The van der Waals surface area contributed by atoms with Crippen LogP contribution in [0.1, 0.15) is 0 Å². The number of hydrogen-bond donors (Lipinski definition) is 5. The molecule has 5 N–H and O–H groups in total. The lowest BCUT2D eigenvalue weighted by Crippen LogP contribution is -2.07. The summed E-state index contributed by atoms with van der Waals surface area (Å²) in [6.07, 6.45) is 0. The van der Waals surface area contributed by atoms with E-state index in [4.69, 9.17) is 30.1 Å². The van der Waals surface area contributed by atoms with Gasteiger partial charge in [-0.25, -0.2) is 4.79 Å². The molecule has 0 aliphatic carbocycles. The van der Waals surface area contributed by atoms with E-state index >= 15 is 0 Å². The maximum atomic E-state index is 9.12. The molecule has 0 amide bonds. The van der Waals surface area contributed by atoms with E-state index in [1.165, 1.54) is 0 Å². The number of hydrogen-bond acceptors (Lipinski definition) is 5. The molecule has 0 fully saturated rings. The molecule has 54 valence electrons. The molecular weight excluding hydrogens is 131 g/mol. The van der Waals surface area contributed by atoms with E-state index in [1.54, 1.807) is 0 Å². The van der Waals surface area contributed by atoms with Crippen LogP contribution in [-0.4, -0.2) is 45.2 Å². The number of carboxylic acid groups (broad SMARTS) is 1. The zero-order chi connectivity index (χ0) is 7.86. The van der Waals surface area contributed by atoms with Gasteiger partial charge in [0.05, 0.1) is 0 Å². The van der Waals surface area contributed by atoms with Crippen molar-refractivity contribution in [1.29, 1.82) is 0 Å². The lowest BCUT2D eigenvalue weighted by molar-refractivity contribution is -0.140. The van der Waals surface area contributed by atoms with E-state index in [0.717, 1.165) is 0 Å². The molecule has 0 aliphatic heterocycles. The first kappa shape index (κ1) is 11.2. The highest BCUT2D eigenvalue weighted by molar-refractivity contribution is 6.30. The van der Waals surface area contributed by atoms with E-state index in [1.807, 2.05) is 0 Å². The molecule has 6 nitrogen and oxygen atoms in total. The van der Waals surface area contributed by atoms with Crippen molar-refractivity contribution in [3.05, 3.63) is 0 Å². The third kappa shape index (κ3) is 113. The van der Waals surface area contributed by atoms with Crippen molar-refractivity contribution < 1.29 is 30.1 Å². The molecule has 0 saturated heterocycles. The Balaban J connectivity index is 0. The molecule has 0 bridgehead atoms. The maximum absolute atomic E-state index is 9.12. The molecule has 9 heavy (non-hydrogen) atoms. The molecule has 0 aromatic carbocycles. The fraction of sp³-hybridized carbons (Fsp3) is 0.500. The molecule has 0 heterocycles. The van der Waals surface area contributed by atoms with Crippen LogP contribution in [0.4, 0.5) is 0 Å². The van der Waals surface area contributed by atoms with Gasteiger partial charge in [-0.1, -0.05) is 0 Å². The molecule has 0 spiro atoms. The normalized spacial score (nSPS) is 7.11. The van der Waals surface area contributed by atoms with Gasteiger partial charge in [-0.3, -0.25) is 0 Å². The van der Waals surface area contributed by atoms with E-state index < -0.39 is 19.9 Å². The van der Waals surface area contributed by atoms with Crippen molar-refractivity contribution in [2.24, 2.45) is 0 Å². The van der Waals surface area contributed by atoms with Crippen LogP contribution in [0, 0.1) is 0 Å². The summed E-state index contributed by atoms with van der Waals surface area (Å²) in [5, 5.41) is 36.5. The third-order valence-corrected chi connectivity index (χ3v) is 0.135. The second-order valence-corrected chi connectivity index (χ2v) is 0.898. The first-order valence-electron chi connectivity index (χ1n) is 1.87. The number of aliphatic hydroxyl groups excluding tert-OH is 1. The fourth-order valence-corrected chi connectivity index (χ4v) is 0. The third-order valence-electron chi connectivity index (χ3n) is 0.135. The molecule has 0 aliphatic rings. The molecule has 0 radical (unpaired) electrons. The zero-order valence-electron chi connectivity index (χ0n) is 4.43. The molecule has 0 rings (SSSR count). The van der Waals surface area contributed by atoms with Crippen LogP contribution in [0.2, 0.25) is 0 Å². The monoisotopic (exact) mass is 138 g/mol. The first-order valence-corrected chi connectivity index (χ1v) is 1.87. The molecule has 0 saturated carbocycles. The maximum Gasteiger partial charge on any atom is 0.631 e. The van der Waals surface area contributed by atoms with Crippen LogP contribution >= 0.6 is 0 Å². The molecule has 0 atom stereocenters. The summed E-state index contributed by atoms with van der Waals surface area (Å²) < 4.78 is 0. The van der Waals surface area contributed by atoms with Crippen LogP contribution < -0.4 is 0 Å². The van der Waals surface area contributed by atoms with Crippen molar-refractivity contribution in [3.8, 4) is 0 Å². The lowest BCUT2D eigenvalue weighted by atomic mass is 10.3. The van der Waals surface area contributed by atoms with Gasteiger partial charge in [0.2, 0.25) is 0 Å². The Bertz CT molecular complexity index is 68.7. The van der Waals surface area contributed by atoms with E-state index in [9.17, 15) is 0 Å². The Morgan fingerprint density at radius 1 is 1.33 bits per heavy atom. The quantitative estimate of drug-likeness (QED) is 0.246. The minimum atomic E-state index is -2.17. The second-order valence-electron chi connectivity index (χ2n) is 0.898. The van der Waals surface area contributed by atoms with E-state index in [2.05, 4.69) is 0 Å². The van der Waals surface area contributed by atoms with Gasteiger partial charge >= 0.3 is 13.3 Å². The molecular formula is C2H7BO6. The smallest absolute Gasteiger partial charge is 0.480 e. The summed E-state index contributed by atoms with van der Waals surface area (Å²) in [6.45, 7) is -0.778. The summed E-state index contributed by atoms with van der Waals surface area (Å²) in [4.78, 5) is 9.12. The highest BCUT2D eigenvalue weighted by Crippen LogP contribution is 1.48. The average molecular weight is 138 g/mol. The molecule has 0 aromatic rings. The highest BCUT2D eigenvalue weighted by Gasteiger charge is 1.92. The van der Waals surface area contributed by atoms with E-state index in [-0.39, 0.29) is 0 Å². The topological polar surface area (TPSA) is 118 Å². The van der Waals surface area contributed by atoms with Crippen LogP contribution in [0.25, 0.3) is 0 Å². The van der Waals surface area contributed by atoms with Gasteiger partial charge in [0.15, 0.2) is 0 Å². The fourth-order valence-electron chi connectivity index (χ4n) is 0. The largest absolute Gasteiger partial charge is 0.631 e. The number of carbonyl (C=O) groups is 1. The summed E-state index contributed by atoms with van der Waals surface area (Å²) in [7, 11) is -2.17. The number of carboxylic acids is 1. The van der Waals surface area contributed by atoms with Crippen LogP contribution in [-0.2, 0) is 4.79 Å². The Kier molecular flexibility index (Phi) is 9.18. The molecule has 0 unspecified atom stereocenters. The SMILES string of the molecule is O=C(O)CO.OB(O)O. The Morgan fingerprint density at radius 3 is 1.44 bits per heavy atom. The summed E-state index contributed by atoms with van der Waals surface area (Å²) in [6, 6.07) is 0. The van der Waals surface area contributed by atoms with Gasteiger partial charge in [-0.05, 0) is 0 Å². The van der Waals surface area contributed by atoms with Crippen molar-refractivity contribution in [3.63, 3.8) is 0 Å². The lowest BCUT2D eigenvalue weighted by Gasteiger charge is -1.72. The Hall–Kier alpha value is -0.625. The van der Waals surface area contributed by atoms with Gasteiger partial charge in [-0.2, -0.15) is 0 Å². The number of aliphatic carboxylic acids is 1. The Morgan fingerprint density at radius 2 is 1.44 bits per heavy atom. The van der Waals surface area contributed by atoms with Crippen molar-refractivity contribution in [2.45, 2.75) is 0 Å². The van der Waals surface area contributed by atoms with Crippen LogP contribution in [0.5, 0.6) is 0 Å². The minimum Gasteiger partial charge on any atom is -0.480 e. The van der Waals surface area contributed by atoms with Gasteiger partial charge in [0.25, 0.3) is 0 Å².